The summed E-state index contributed by atoms with van der Waals surface area (Å²) in [7, 11) is 0. The Morgan fingerprint density at radius 3 is 2.06 bits per heavy atom. The second kappa shape index (κ2) is 11.8. The predicted molar refractivity (Wildman–Crippen MR) is 128 cm³/mol. The molecule has 2 amide bonds. The number of nitrogens with one attached hydrogen (secondary N) is 2. The molecule has 0 aromatic carbocycles. The minimum absolute atomic E-state index is 0.00490. The zero-order valence-electron chi connectivity index (χ0n) is 21.5. The summed E-state index contributed by atoms with van der Waals surface area (Å²) >= 11 is 0. The molecule has 1 heterocycles. The molecule has 0 saturated carbocycles. The summed E-state index contributed by atoms with van der Waals surface area (Å²) in [6, 6.07) is -1.13. The lowest BCUT2D eigenvalue weighted by molar-refractivity contribution is -0.136. The van der Waals surface area contributed by atoms with E-state index in [1.807, 2.05) is 34.6 Å². The van der Waals surface area contributed by atoms with Gasteiger partial charge in [0.2, 0.25) is 11.8 Å². The standard InChI is InChI=1S/C25H45N3O4/c1-15(2)18(6)28-13-11-10-12-20(28)22(29)27-21(25(7,8)9)23(30)26-19(16(3)4)14-17(5)24(31)32/h14-16,18-21H,10-13H2,1-9H3,(H,26,30)(H,27,29)(H,31,32)/b17-14+/t18?,19-,20?,21?/m1/s1. The molecular formula is C25H45N3O4. The summed E-state index contributed by atoms with van der Waals surface area (Å²) in [5.41, 5.74) is -0.323. The van der Waals surface area contributed by atoms with Gasteiger partial charge >= 0.3 is 5.97 Å². The highest BCUT2D eigenvalue weighted by atomic mass is 16.4. The molecule has 4 atom stereocenters. The van der Waals surface area contributed by atoms with Crippen molar-refractivity contribution in [3.63, 3.8) is 0 Å². The number of amides is 2. The Bertz CT molecular complexity index is 694. The van der Waals surface area contributed by atoms with Crippen LogP contribution in [0.15, 0.2) is 11.6 Å². The Morgan fingerprint density at radius 1 is 1.00 bits per heavy atom. The predicted octanol–water partition coefficient (Wildman–Crippen LogP) is 3.59. The summed E-state index contributed by atoms with van der Waals surface area (Å²) in [6.07, 6.45) is 4.44. The van der Waals surface area contributed by atoms with Crippen LogP contribution in [0.5, 0.6) is 0 Å². The molecule has 7 nitrogen and oxygen atoms in total. The number of carboxylic acid groups (broad SMARTS) is 1. The Kier molecular flexibility index (Phi) is 10.4. The summed E-state index contributed by atoms with van der Waals surface area (Å²) in [5.74, 6) is -0.974. The zero-order valence-corrected chi connectivity index (χ0v) is 21.5. The molecule has 1 aliphatic heterocycles. The third-order valence-electron chi connectivity index (χ3n) is 6.54. The third-order valence-corrected chi connectivity index (χ3v) is 6.54. The van der Waals surface area contributed by atoms with Crippen molar-refractivity contribution in [3.05, 3.63) is 11.6 Å². The monoisotopic (exact) mass is 451 g/mol. The van der Waals surface area contributed by atoms with Crippen molar-refractivity contribution >= 4 is 17.8 Å². The Balaban J connectivity index is 3.07. The zero-order chi connectivity index (χ0) is 24.8. The van der Waals surface area contributed by atoms with Crippen molar-refractivity contribution in [1.29, 1.82) is 0 Å². The minimum atomic E-state index is -1.01. The lowest BCUT2D eigenvalue weighted by atomic mass is 9.85. The van der Waals surface area contributed by atoms with Crippen molar-refractivity contribution in [3.8, 4) is 0 Å². The van der Waals surface area contributed by atoms with E-state index in [1.165, 1.54) is 6.92 Å². The van der Waals surface area contributed by atoms with Gasteiger partial charge in [0.1, 0.15) is 6.04 Å². The number of rotatable bonds is 9. The Hall–Kier alpha value is -1.89. The van der Waals surface area contributed by atoms with Gasteiger partial charge < -0.3 is 15.7 Å². The second-order valence-electron chi connectivity index (χ2n) is 11.0. The normalized spacial score (nSPS) is 21.2. The van der Waals surface area contributed by atoms with E-state index in [9.17, 15) is 19.5 Å². The number of carboxylic acids is 1. The van der Waals surface area contributed by atoms with Crippen LogP contribution in [-0.2, 0) is 14.4 Å². The largest absolute Gasteiger partial charge is 0.478 e. The number of carbonyl (C=O) groups excluding carboxylic acids is 2. The Morgan fingerprint density at radius 2 is 1.59 bits per heavy atom. The topological polar surface area (TPSA) is 98.7 Å². The van der Waals surface area contributed by atoms with Gasteiger partial charge in [-0.25, -0.2) is 4.79 Å². The first-order chi connectivity index (χ1) is 14.7. The number of aliphatic carboxylic acids is 1. The van der Waals surface area contributed by atoms with Crippen molar-refractivity contribution in [2.75, 3.05) is 6.54 Å². The maximum absolute atomic E-state index is 13.4. The van der Waals surface area contributed by atoms with Crippen LogP contribution in [0.1, 0.15) is 81.6 Å². The van der Waals surface area contributed by atoms with E-state index in [-0.39, 0.29) is 35.4 Å². The van der Waals surface area contributed by atoms with Crippen LogP contribution in [0.3, 0.4) is 0 Å². The average molecular weight is 452 g/mol. The molecule has 3 unspecified atom stereocenters. The molecule has 0 aromatic rings. The fraction of sp³-hybridized carbons (Fsp3) is 0.800. The molecule has 0 aliphatic carbocycles. The summed E-state index contributed by atoms with van der Waals surface area (Å²) in [6.45, 7) is 18.5. The number of piperidine rings is 1. The molecular weight excluding hydrogens is 406 g/mol. The second-order valence-corrected chi connectivity index (χ2v) is 11.0. The summed E-state index contributed by atoms with van der Waals surface area (Å²) in [5, 5.41) is 15.2. The average Bonchev–Trinajstić information content (AvgIpc) is 2.69. The van der Waals surface area contributed by atoms with Crippen LogP contribution in [0.25, 0.3) is 0 Å². The van der Waals surface area contributed by atoms with Crippen LogP contribution in [0.4, 0.5) is 0 Å². The molecule has 1 fully saturated rings. The van der Waals surface area contributed by atoms with E-state index >= 15 is 0 Å². The highest BCUT2D eigenvalue weighted by Crippen LogP contribution is 2.25. The van der Waals surface area contributed by atoms with Gasteiger partial charge in [-0.05, 0) is 50.5 Å². The molecule has 0 spiro atoms. The maximum atomic E-state index is 13.4. The first-order valence-corrected chi connectivity index (χ1v) is 11.9. The van der Waals surface area contributed by atoms with E-state index in [0.717, 1.165) is 25.8 Å². The molecule has 0 radical (unpaired) electrons. The molecule has 1 aliphatic rings. The molecule has 1 saturated heterocycles. The molecule has 3 N–H and O–H groups in total. The van der Waals surface area contributed by atoms with Gasteiger partial charge in [0.05, 0.1) is 12.1 Å². The van der Waals surface area contributed by atoms with E-state index in [1.54, 1.807) is 6.08 Å². The number of nitrogens with zero attached hydrogens (tertiary/aromatic N) is 1. The van der Waals surface area contributed by atoms with Crippen molar-refractivity contribution in [2.24, 2.45) is 17.3 Å². The van der Waals surface area contributed by atoms with Gasteiger partial charge in [-0.15, -0.1) is 0 Å². The van der Waals surface area contributed by atoms with Gasteiger partial charge in [-0.1, -0.05) is 61.0 Å². The van der Waals surface area contributed by atoms with Crippen LogP contribution in [0.2, 0.25) is 0 Å². The van der Waals surface area contributed by atoms with Gasteiger partial charge in [0.25, 0.3) is 0 Å². The number of hydrogen-bond donors (Lipinski definition) is 3. The van der Waals surface area contributed by atoms with E-state index < -0.39 is 23.5 Å². The van der Waals surface area contributed by atoms with Crippen LogP contribution in [0, 0.1) is 17.3 Å². The summed E-state index contributed by atoms with van der Waals surface area (Å²) in [4.78, 5) is 40.2. The molecule has 1 rings (SSSR count). The molecule has 184 valence electrons. The smallest absolute Gasteiger partial charge is 0.331 e. The first-order valence-electron chi connectivity index (χ1n) is 11.9. The maximum Gasteiger partial charge on any atom is 0.331 e. The highest BCUT2D eigenvalue weighted by molar-refractivity contribution is 5.91. The Labute approximate surface area is 194 Å². The quantitative estimate of drug-likeness (QED) is 0.465. The van der Waals surface area contributed by atoms with Gasteiger partial charge in [0.15, 0.2) is 0 Å². The number of likely N-dealkylation sites (tertiary alicyclic amines) is 1. The molecule has 0 bridgehead atoms. The van der Waals surface area contributed by atoms with Crippen molar-refractivity contribution < 1.29 is 19.5 Å². The molecule has 32 heavy (non-hydrogen) atoms. The van der Waals surface area contributed by atoms with Gasteiger partial charge in [-0.2, -0.15) is 0 Å². The first kappa shape index (κ1) is 28.1. The lowest BCUT2D eigenvalue weighted by Gasteiger charge is -2.42. The summed E-state index contributed by atoms with van der Waals surface area (Å²) < 4.78 is 0. The van der Waals surface area contributed by atoms with Crippen molar-refractivity contribution in [2.45, 2.75) is 106 Å². The van der Waals surface area contributed by atoms with E-state index in [0.29, 0.717) is 5.92 Å². The van der Waals surface area contributed by atoms with Gasteiger partial charge in [0, 0.05) is 11.6 Å². The lowest BCUT2D eigenvalue weighted by Crippen LogP contribution is -2.61. The minimum Gasteiger partial charge on any atom is -0.478 e. The van der Waals surface area contributed by atoms with Crippen LogP contribution >= 0.6 is 0 Å². The molecule has 7 heteroatoms. The van der Waals surface area contributed by atoms with Gasteiger partial charge in [-0.3, -0.25) is 14.5 Å². The fourth-order valence-corrected chi connectivity index (χ4v) is 4.01. The van der Waals surface area contributed by atoms with Crippen LogP contribution in [-0.4, -0.2) is 58.5 Å². The number of carbonyl (C=O) groups is 3. The van der Waals surface area contributed by atoms with E-state index in [2.05, 4.69) is 36.3 Å². The number of hydrogen-bond acceptors (Lipinski definition) is 4. The highest BCUT2D eigenvalue weighted by Gasteiger charge is 2.38. The SMILES string of the molecule is C/C(=C\[C@@H](NC(=O)C(NC(=O)C1CCCCN1C(C)C(C)C)C(C)(C)C)C(C)C)C(=O)O. The van der Waals surface area contributed by atoms with E-state index in [4.69, 9.17) is 0 Å². The van der Waals surface area contributed by atoms with Crippen LogP contribution < -0.4 is 10.6 Å². The third kappa shape index (κ3) is 7.91. The molecule has 0 aromatic heterocycles. The fourth-order valence-electron chi connectivity index (χ4n) is 4.01. The van der Waals surface area contributed by atoms with Crippen molar-refractivity contribution in [1.82, 2.24) is 15.5 Å².